The molecular weight excluding hydrogens is 1830 g/mol. The van der Waals surface area contributed by atoms with Gasteiger partial charge in [-0.2, -0.15) is 0 Å². The Balaban J connectivity index is 0.000000141. The first-order chi connectivity index (χ1) is 65.6. The zero-order chi connectivity index (χ0) is 102. The molecule has 8 aliphatic carbocycles. The van der Waals surface area contributed by atoms with Gasteiger partial charge < -0.3 is 99.5 Å². The van der Waals surface area contributed by atoms with E-state index in [2.05, 4.69) is 0 Å². The number of carbonyl (C=O) groups excluding carboxylic acids is 19. The van der Waals surface area contributed by atoms with Crippen molar-refractivity contribution in [2.45, 2.75) is 318 Å². The Bertz CT molecular complexity index is 4610. The van der Waals surface area contributed by atoms with Crippen LogP contribution in [0.3, 0.4) is 0 Å². The second-order valence-electron chi connectivity index (χ2n) is 42.9. The molecule has 35 atom stereocenters. The third-order valence-corrected chi connectivity index (χ3v) is 32.7. The van der Waals surface area contributed by atoms with Crippen molar-refractivity contribution in [1.29, 1.82) is 0 Å². The highest BCUT2D eigenvalue weighted by molar-refractivity contribution is 5.90. The summed E-state index contributed by atoms with van der Waals surface area (Å²) < 4.78 is 110. The molecule has 40 nitrogen and oxygen atoms in total. The molecule has 772 valence electrons. The van der Waals surface area contributed by atoms with Gasteiger partial charge in [-0.3, -0.25) is 71.9 Å². The zero-order valence-corrected chi connectivity index (χ0v) is 82.6. The minimum Gasteiger partial charge on any atom is -0.469 e. The third-order valence-electron chi connectivity index (χ3n) is 32.7. The molecule has 0 amide bonds. The van der Waals surface area contributed by atoms with E-state index in [1.807, 2.05) is 69.2 Å². The summed E-state index contributed by atoms with van der Waals surface area (Å²) in [6.45, 7) is 30.4. The summed E-state index contributed by atoms with van der Waals surface area (Å²) in [6.07, 6.45) is 5.51. The van der Waals surface area contributed by atoms with Crippen molar-refractivity contribution in [2.24, 2.45) is 134 Å². The second kappa shape index (κ2) is 42.6. The Morgan fingerprint density at radius 3 is 1.22 bits per heavy atom. The average molecular weight is 1970 g/mol. The van der Waals surface area contributed by atoms with E-state index in [0.717, 1.165) is 57.8 Å². The number of hydrogen-bond donors (Lipinski definition) is 0. The average Bonchev–Trinajstić information content (AvgIpc) is 1.55. The van der Waals surface area contributed by atoms with Crippen LogP contribution in [-0.4, -0.2) is 258 Å². The lowest BCUT2D eigenvalue weighted by molar-refractivity contribution is -0.175. The standard InChI is InChI=1S/C20H28O8.C17H22O8.C16H20O9.2C16H24O4.C14H18O7/c1-6-9(2)17(22)25-8-12(21)26-15-11-7-10-13(18(23)27-16(10)15)14(11)19(24)28-20(3,4)5;1-4-7(2)15(19)23-6-10(18)24-13-8-5-9-12(11(8)16(20)22-3)17(21)25-14(9)13;1-4-6(2)14(18)22-5-7(17)23-12-10-8(15(19)21-3)9-11(24-10)13(12)25-16(9)20;1-4-15(2,3)14(18)20-12-6-11-5-10(12)7-16(11)8-13(17)19-9-16;1-4-15(2,3)13(17)20-12-8-11-7-10(12)9-16(11)5-6-19-14(16)18;1-3-6(2)13(16)18-5-9(15)20-11-8-4-7-10(19-8)12(11)21-14(7)17/h9-11,13-16H,6-8H2,1-5H3;7-9,11-14H,4-6H2,1-3H3;6,8-13H,4-5H2,1-3H3;2*10-12H,4-9H2,1-3H3;6-8,10-12H,3-5H2,1-2H3. The van der Waals surface area contributed by atoms with Crippen LogP contribution in [0.1, 0.15) is 227 Å². The molecule has 12 bridgehead atoms. The topological polar surface area (TPSA) is 518 Å². The lowest BCUT2D eigenvalue weighted by atomic mass is 9.71. The van der Waals surface area contributed by atoms with Crippen LogP contribution >= 0.6 is 0 Å². The third kappa shape index (κ3) is 21.5. The van der Waals surface area contributed by atoms with E-state index in [0.29, 0.717) is 88.3 Å². The molecule has 0 aromatic rings. The van der Waals surface area contributed by atoms with Gasteiger partial charge in [0.05, 0.1) is 109 Å². The number of fused-ring (bicyclic) bond motifs is 10. The molecule has 18 fully saturated rings. The van der Waals surface area contributed by atoms with E-state index in [9.17, 15) is 91.1 Å². The fourth-order valence-electron chi connectivity index (χ4n) is 23.4. The highest BCUT2D eigenvalue weighted by atomic mass is 16.7. The van der Waals surface area contributed by atoms with E-state index in [1.54, 1.807) is 48.5 Å². The molecule has 40 heteroatoms. The lowest BCUT2D eigenvalue weighted by Crippen LogP contribution is -2.48. The van der Waals surface area contributed by atoms with E-state index in [-0.39, 0.29) is 118 Å². The molecule has 0 aromatic carbocycles. The van der Waals surface area contributed by atoms with Crippen LogP contribution in [0.25, 0.3) is 0 Å². The molecule has 10 heterocycles. The Morgan fingerprint density at radius 2 is 0.813 bits per heavy atom. The van der Waals surface area contributed by atoms with Gasteiger partial charge in [0.1, 0.15) is 72.4 Å². The lowest BCUT2D eigenvalue weighted by Gasteiger charge is -2.35. The number of methoxy groups -OCH3 is 2. The van der Waals surface area contributed by atoms with Crippen LogP contribution in [0.5, 0.6) is 0 Å². The predicted octanol–water partition coefficient (Wildman–Crippen LogP) is 7.30. The Hall–Kier alpha value is -10.1. The fourth-order valence-corrected chi connectivity index (χ4v) is 23.4. The highest BCUT2D eigenvalue weighted by Gasteiger charge is 2.75. The molecule has 0 radical (unpaired) electrons. The molecule has 0 N–H and O–H groups in total. The highest BCUT2D eigenvalue weighted by Crippen LogP contribution is 2.64. The van der Waals surface area contributed by atoms with E-state index >= 15 is 0 Å². The van der Waals surface area contributed by atoms with Crippen molar-refractivity contribution in [3.05, 3.63) is 0 Å². The van der Waals surface area contributed by atoms with Crippen LogP contribution in [-0.2, 0) is 191 Å². The Kier molecular flexibility index (Phi) is 32.5. The maximum Gasteiger partial charge on any atom is 0.344 e. The van der Waals surface area contributed by atoms with Crippen LogP contribution in [0, 0.1) is 134 Å². The summed E-state index contributed by atoms with van der Waals surface area (Å²) in [5, 5.41) is 0. The minimum atomic E-state index is -0.924. The van der Waals surface area contributed by atoms with E-state index in [1.165, 1.54) is 14.2 Å². The van der Waals surface area contributed by atoms with Gasteiger partial charge in [0.25, 0.3) is 0 Å². The molecule has 10 aliphatic heterocycles. The second-order valence-corrected chi connectivity index (χ2v) is 42.9. The first-order valence-corrected chi connectivity index (χ1v) is 49.3. The number of esters is 19. The van der Waals surface area contributed by atoms with Crippen molar-refractivity contribution in [3.8, 4) is 0 Å². The van der Waals surface area contributed by atoms with Crippen molar-refractivity contribution in [1.82, 2.24) is 0 Å². The molecular formula is C99H136O40. The molecule has 35 unspecified atom stereocenters. The molecule has 0 aromatic heterocycles. The predicted molar refractivity (Wildman–Crippen MR) is 466 cm³/mol. The number of rotatable bonds is 29. The molecule has 8 saturated carbocycles. The van der Waals surface area contributed by atoms with Crippen LogP contribution < -0.4 is 0 Å². The SMILES string of the molecule is CCC(C)(C)C(=O)OC1CC2CC1CC21CCOC1=O.CCC(C)(C)C(=O)OC1CC2CC1CC21COC(=O)C1.CCC(C)C(=O)OCC(=O)OC1C2CC3C(=O)OC1C3O2.CCC(C)C(=O)OCC(=O)OC1C2CC3C1OC(=O)C3C2C(=O)OC.CCC(C)C(=O)OCC(=O)OC1C2CC3C1OC(=O)C3C2C(=O)OC(C)(C)C.CCC(C)C(=O)OCC(=O)OC1C2OC(=O)C3C2OC1C3C(=O)OC. The van der Waals surface area contributed by atoms with Gasteiger partial charge in [0.15, 0.2) is 50.8 Å². The maximum atomic E-state index is 12.7. The maximum absolute atomic E-state index is 12.7. The largest absolute Gasteiger partial charge is 0.469 e. The monoisotopic (exact) mass is 1960 g/mol. The summed E-state index contributed by atoms with van der Waals surface area (Å²) in [5.41, 5.74) is -1.67. The van der Waals surface area contributed by atoms with Gasteiger partial charge in [-0.15, -0.1) is 0 Å². The van der Waals surface area contributed by atoms with Crippen molar-refractivity contribution < 1.29 is 191 Å². The number of cyclic esters (lactones) is 2. The molecule has 10 saturated heterocycles. The first-order valence-electron chi connectivity index (χ1n) is 49.3. The number of hydrogen-bond acceptors (Lipinski definition) is 40. The smallest absolute Gasteiger partial charge is 0.344 e. The van der Waals surface area contributed by atoms with Gasteiger partial charge in [0, 0.05) is 29.1 Å². The van der Waals surface area contributed by atoms with E-state index < -0.39 is 223 Å². The summed E-state index contributed by atoms with van der Waals surface area (Å²) >= 11 is 0. The minimum absolute atomic E-state index is 0.0105. The number of ether oxygens (including phenoxy) is 21. The summed E-state index contributed by atoms with van der Waals surface area (Å²) in [4.78, 5) is 227. The zero-order valence-electron chi connectivity index (χ0n) is 82.6. The van der Waals surface area contributed by atoms with Gasteiger partial charge >= 0.3 is 113 Å². The van der Waals surface area contributed by atoms with Gasteiger partial charge in [0.2, 0.25) is 0 Å². The Labute approximate surface area is 806 Å². The van der Waals surface area contributed by atoms with Gasteiger partial charge in [-0.25, -0.2) is 19.2 Å². The molecule has 139 heavy (non-hydrogen) atoms. The van der Waals surface area contributed by atoms with E-state index in [4.69, 9.17) is 99.5 Å². The summed E-state index contributed by atoms with van der Waals surface area (Å²) in [5.74, 6) is -13.0. The fraction of sp³-hybridized carbons (Fsp3) is 0.808. The summed E-state index contributed by atoms with van der Waals surface area (Å²) in [6, 6.07) is 0. The van der Waals surface area contributed by atoms with Crippen molar-refractivity contribution in [2.75, 3.05) is 53.9 Å². The van der Waals surface area contributed by atoms with Crippen molar-refractivity contribution >= 4 is 113 Å². The first kappa shape index (κ1) is 106. The van der Waals surface area contributed by atoms with Crippen LogP contribution in [0.15, 0.2) is 0 Å². The molecule has 18 rings (SSSR count). The van der Waals surface area contributed by atoms with Crippen LogP contribution in [0.4, 0.5) is 0 Å². The van der Waals surface area contributed by atoms with Gasteiger partial charge in [-0.1, -0.05) is 69.2 Å². The van der Waals surface area contributed by atoms with Crippen LogP contribution in [0.2, 0.25) is 0 Å². The number of carbonyl (C=O) groups is 19. The quantitative estimate of drug-likeness (QED) is 0.0523. The molecule has 18 aliphatic rings. The van der Waals surface area contributed by atoms with Crippen molar-refractivity contribution in [3.63, 3.8) is 0 Å². The normalized spacial score (nSPS) is 36.7. The van der Waals surface area contributed by atoms with Gasteiger partial charge in [-0.05, 0) is 175 Å². The summed E-state index contributed by atoms with van der Waals surface area (Å²) in [7, 11) is 2.48. The molecule has 2 spiro atoms. The Morgan fingerprint density at radius 1 is 0.403 bits per heavy atom.